The van der Waals surface area contributed by atoms with Crippen molar-refractivity contribution in [2.45, 2.75) is 19.0 Å². The first-order valence-electron chi connectivity index (χ1n) is 6.81. The summed E-state index contributed by atoms with van der Waals surface area (Å²) in [5, 5.41) is 4.02. The highest BCUT2D eigenvalue weighted by Crippen LogP contribution is 2.13. The van der Waals surface area contributed by atoms with Crippen LogP contribution in [0.2, 0.25) is 5.02 Å². The lowest BCUT2D eigenvalue weighted by Gasteiger charge is -2.26. The van der Waals surface area contributed by atoms with Crippen LogP contribution in [0.1, 0.15) is 12.0 Å². The van der Waals surface area contributed by atoms with E-state index in [1.807, 2.05) is 31.3 Å². The second-order valence-electron chi connectivity index (χ2n) is 5.42. The monoisotopic (exact) mass is 316 g/mol. The molecule has 0 radical (unpaired) electrons. The van der Waals surface area contributed by atoms with Crippen LogP contribution in [0.4, 0.5) is 0 Å². The van der Waals surface area contributed by atoms with Crippen LogP contribution in [-0.4, -0.2) is 51.0 Å². The third-order valence-corrected chi connectivity index (χ3v) is 5.47. The second-order valence-corrected chi connectivity index (χ2v) is 8.09. The van der Waals surface area contributed by atoms with Gasteiger partial charge in [-0.25, -0.2) is 8.42 Å². The standard InChI is InChI=1S/C14H21ClN2O2S/c1-17(10-12-3-2-4-13(15)9-12)7-5-14-11-20(18,19)8-6-16-14/h2-4,9,14,16H,5-8,10-11H2,1H3. The molecule has 0 spiro atoms. The number of hydrogen-bond acceptors (Lipinski definition) is 4. The van der Waals surface area contributed by atoms with Gasteiger partial charge in [-0.1, -0.05) is 23.7 Å². The normalized spacial score (nSPS) is 22.1. The molecule has 6 heteroatoms. The summed E-state index contributed by atoms with van der Waals surface area (Å²) in [6.07, 6.45) is 0.844. The van der Waals surface area contributed by atoms with E-state index in [2.05, 4.69) is 10.2 Å². The first kappa shape index (κ1) is 15.8. The molecule has 1 N–H and O–H groups in total. The smallest absolute Gasteiger partial charge is 0.153 e. The molecule has 1 aliphatic heterocycles. The summed E-state index contributed by atoms with van der Waals surface area (Å²) in [5.41, 5.74) is 1.17. The van der Waals surface area contributed by atoms with Crippen LogP contribution < -0.4 is 5.32 Å². The zero-order valence-electron chi connectivity index (χ0n) is 11.7. The Labute approximate surface area is 126 Å². The maximum Gasteiger partial charge on any atom is 0.153 e. The average molecular weight is 317 g/mol. The van der Waals surface area contributed by atoms with Crippen molar-refractivity contribution in [1.29, 1.82) is 0 Å². The molecule has 0 aliphatic carbocycles. The van der Waals surface area contributed by atoms with Crippen molar-refractivity contribution in [3.63, 3.8) is 0 Å². The highest BCUT2D eigenvalue weighted by molar-refractivity contribution is 7.91. The maximum absolute atomic E-state index is 11.6. The third kappa shape index (κ3) is 5.05. The largest absolute Gasteiger partial charge is 0.312 e. The van der Waals surface area contributed by atoms with Gasteiger partial charge < -0.3 is 10.2 Å². The van der Waals surface area contributed by atoms with Crippen LogP contribution in [-0.2, 0) is 16.4 Å². The minimum absolute atomic E-state index is 0.0792. The molecule has 4 nitrogen and oxygen atoms in total. The van der Waals surface area contributed by atoms with E-state index in [1.165, 1.54) is 5.56 Å². The van der Waals surface area contributed by atoms with E-state index in [4.69, 9.17) is 11.6 Å². The van der Waals surface area contributed by atoms with Gasteiger partial charge in [-0.3, -0.25) is 0 Å². The number of nitrogens with zero attached hydrogens (tertiary/aromatic N) is 1. The molecule has 1 atom stereocenters. The Kier molecular flexibility index (Phi) is 5.43. The predicted octanol–water partition coefficient (Wildman–Crippen LogP) is 1.55. The molecule has 112 valence electrons. The van der Waals surface area contributed by atoms with Crippen molar-refractivity contribution in [3.05, 3.63) is 34.9 Å². The fraction of sp³-hybridized carbons (Fsp3) is 0.571. The van der Waals surface area contributed by atoms with Gasteiger partial charge in [-0.15, -0.1) is 0 Å². The summed E-state index contributed by atoms with van der Waals surface area (Å²) in [4.78, 5) is 2.19. The Balaban J connectivity index is 1.79. The number of nitrogens with one attached hydrogen (secondary N) is 1. The van der Waals surface area contributed by atoms with Crippen molar-refractivity contribution >= 4 is 21.4 Å². The van der Waals surface area contributed by atoms with E-state index in [0.717, 1.165) is 24.5 Å². The maximum atomic E-state index is 11.6. The number of benzene rings is 1. The van der Waals surface area contributed by atoms with Crippen molar-refractivity contribution in [3.8, 4) is 0 Å². The number of halogens is 1. The zero-order chi connectivity index (χ0) is 14.6. The van der Waals surface area contributed by atoms with E-state index in [1.54, 1.807) is 0 Å². The molecular formula is C14H21ClN2O2S. The van der Waals surface area contributed by atoms with E-state index in [9.17, 15) is 8.42 Å². The first-order chi connectivity index (χ1) is 9.44. The van der Waals surface area contributed by atoms with Crippen LogP contribution in [0.3, 0.4) is 0 Å². The SMILES string of the molecule is CN(CCC1CS(=O)(=O)CCN1)Cc1cccc(Cl)c1. The second kappa shape index (κ2) is 6.89. The molecule has 20 heavy (non-hydrogen) atoms. The molecule has 1 saturated heterocycles. The van der Waals surface area contributed by atoms with Gasteiger partial charge in [0.1, 0.15) is 0 Å². The van der Waals surface area contributed by atoms with E-state index >= 15 is 0 Å². The Bertz CT molecular complexity index is 548. The third-order valence-electron chi connectivity index (χ3n) is 3.50. The van der Waals surface area contributed by atoms with Crippen LogP contribution in [0, 0.1) is 0 Å². The van der Waals surface area contributed by atoms with Gasteiger partial charge in [0, 0.05) is 24.2 Å². The van der Waals surface area contributed by atoms with E-state index in [0.29, 0.717) is 6.54 Å². The molecule has 0 aromatic heterocycles. The van der Waals surface area contributed by atoms with Crippen molar-refractivity contribution in [1.82, 2.24) is 10.2 Å². The van der Waals surface area contributed by atoms with Gasteiger partial charge in [0.15, 0.2) is 9.84 Å². The first-order valence-corrected chi connectivity index (χ1v) is 9.01. The average Bonchev–Trinajstić information content (AvgIpc) is 2.35. The van der Waals surface area contributed by atoms with Crippen molar-refractivity contribution < 1.29 is 8.42 Å². The summed E-state index contributed by atoms with van der Waals surface area (Å²) >= 11 is 5.96. The van der Waals surface area contributed by atoms with Gasteiger partial charge in [-0.05, 0) is 37.7 Å². The summed E-state index contributed by atoms with van der Waals surface area (Å²) in [6.45, 7) is 2.25. The molecule has 0 amide bonds. The minimum Gasteiger partial charge on any atom is -0.312 e. The number of hydrogen-bond donors (Lipinski definition) is 1. The number of sulfone groups is 1. The molecule has 1 heterocycles. The fourth-order valence-electron chi connectivity index (χ4n) is 2.46. The van der Waals surface area contributed by atoms with Gasteiger partial charge in [-0.2, -0.15) is 0 Å². The lowest BCUT2D eigenvalue weighted by Crippen LogP contribution is -2.46. The minimum atomic E-state index is -2.84. The molecular weight excluding hydrogens is 296 g/mol. The van der Waals surface area contributed by atoms with Crippen molar-refractivity contribution in [2.75, 3.05) is 31.6 Å². The molecule has 0 saturated carbocycles. The van der Waals surface area contributed by atoms with Crippen LogP contribution >= 0.6 is 11.6 Å². The highest BCUT2D eigenvalue weighted by Gasteiger charge is 2.23. The molecule has 2 rings (SSSR count). The van der Waals surface area contributed by atoms with Crippen LogP contribution in [0.15, 0.2) is 24.3 Å². The van der Waals surface area contributed by atoms with Gasteiger partial charge in [0.2, 0.25) is 0 Å². The topological polar surface area (TPSA) is 49.4 Å². The summed E-state index contributed by atoms with van der Waals surface area (Å²) in [5.74, 6) is 0.528. The van der Waals surface area contributed by atoms with Crippen molar-refractivity contribution in [2.24, 2.45) is 0 Å². The Morgan fingerprint density at radius 3 is 2.95 bits per heavy atom. The summed E-state index contributed by atoms with van der Waals surface area (Å²) < 4.78 is 23.1. The van der Waals surface area contributed by atoms with Crippen LogP contribution in [0.5, 0.6) is 0 Å². The summed E-state index contributed by atoms with van der Waals surface area (Å²) in [7, 11) is -0.803. The Morgan fingerprint density at radius 2 is 2.25 bits per heavy atom. The molecule has 0 bridgehead atoms. The number of rotatable bonds is 5. The van der Waals surface area contributed by atoms with E-state index < -0.39 is 9.84 Å². The molecule has 1 unspecified atom stereocenters. The zero-order valence-corrected chi connectivity index (χ0v) is 13.3. The predicted molar refractivity (Wildman–Crippen MR) is 82.8 cm³/mol. The highest BCUT2D eigenvalue weighted by atomic mass is 35.5. The lowest BCUT2D eigenvalue weighted by molar-refractivity contribution is 0.303. The molecule has 1 aliphatic rings. The molecule has 1 aromatic rings. The van der Waals surface area contributed by atoms with Crippen LogP contribution in [0.25, 0.3) is 0 Å². The van der Waals surface area contributed by atoms with Gasteiger partial charge in [0.05, 0.1) is 11.5 Å². The Hall–Kier alpha value is -0.620. The molecule has 1 fully saturated rings. The fourth-order valence-corrected chi connectivity index (χ4v) is 4.16. The summed E-state index contributed by atoms with van der Waals surface area (Å²) in [6, 6.07) is 7.89. The Morgan fingerprint density at radius 1 is 1.45 bits per heavy atom. The quantitative estimate of drug-likeness (QED) is 0.895. The molecule has 1 aromatic carbocycles. The van der Waals surface area contributed by atoms with Gasteiger partial charge in [0.25, 0.3) is 0 Å². The van der Waals surface area contributed by atoms with Gasteiger partial charge >= 0.3 is 0 Å². The lowest BCUT2D eigenvalue weighted by atomic mass is 10.2. The van der Waals surface area contributed by atoms with E-state index in [-0.39, 0.29) is 17.5 Å².